The zero-order valence-electron chi connectivity index (χ0n) is 11.9. The summed E-state index contributed by atoms with van der Waals surface area (Å²) < 4.78 is 2.14. The maximum absolute atomic E-state index is 9.60. The van der Waals surface area contributed by atoms with Crippen LogP contribution in [-0.2, 0) is 6.42 Å². The van der Waals surface area contributed by atoms with Crippen LogP contribution >= 0.6 is 0 Å². The smallest absolute Gasteiger partial charge is 0.0631 e. The third kappa shape index (κ3) is 2.77. The van der Waals surface area contributed by atoms with Crippen molar-refractivity contribution in [3.63, 3.8) is 0 Å². The van der Waals surface area contributed by atoms with E-state index >= 15 is 0 Å². The van der Waals surface area contributed by atoms with E-state index in [0.29, 0.717) is 12.0 Å². The second-order valence-corrected chi connectivity index (χ2v) is 6.37. The van der Waals surface area contributed by atoms with Gasteiger partial charge in [-0.25, -0.2) is 0 Å². The summed E-state index contributed by atoms with van der Waals surface area (Å²) in [5.41, 5.74) is 1.06. The highest BCUT2D eigenvalue weighted by molar-refractivity contribution is 5.04. The van der Waals surface area contributed by atoms with Gasteiger partial charge in [0.2, 0.25) is 0 Å². The van der Waals surface area contributed by atoms with Crippen molar-refractivity contribution in [3.8, 4) is 0 Å². The minimum Gasteiger partial charge on any atom is -0.396 e. The fourth-order valence-electron chi connectivity index (χ4n) is 2.70. The molecular weight excluding hydrogens is 224 g/mol. The summed E-state index contributed by atoms with van der Waals surface area (Å²) in [5, 5.41) is 14.3. The van der Waals surface area contributed by atoms with Crippen LogP contribution in [0.25, 0.3) is 0 Å². The van der Waals surface area contributed by atoms with Gasteiger partial charge in [-0.05, 0) is 36.7 Å². The van der Waals surface area contributed by atoms with Crippen LogP contribution in [0.5, 0.6) is 0 Å². The summed E-state index contributed by atoms with van der Waals surface area (Å²) in [6.07, 6.45) is 8.18. The topological polar surface area (TPSA) is 38.0 Å². The molecule has 0 saturated heterocycles. The lowest BCUT2D eigenvalue weighted by atomic mass is 9.76. The van der Waals surface area contributed by atoms with E-state index in [9.17, 15) is 5.11 Å². The second-order valence-electron chi connectivity index (χ2n) is 6.37. The average molecular weight is 250 g/mol. The molecule has 1 aliphatic rings. The van der Waals surface area contributed by atoms with Gasteiger partial charge < -0.3 is 5.11 Å². The van der Waals surface area contributed by atoms with Crippen molar-refractivity contribution >= 4 is 0 Å². The van der Waals surface area contributed by atoms with Crippen LogP contribution < -0.4 is 0 Å². The maximum atomic E-state index is 9.60. The van der Waals surface area contributed by atoms with Crippen molar-refractivity contribution in [2.24, 2.45) is 11.3 Å². The number of rotatable bonds is 5. The molecule has 0 aliphatic heterocycles. The van der Waals surface area contributed by atoms with E-state index in [1.807, 2.05) is 0 Å². The normalized spacial score (nSPS) is 20.5. The lowest BCUT2D eigenvalue weighted by Gasteiger charge is -2.30. The summed E-state index contributed by atoms with van der Waals surface area (Å²) in [6.45, 7) is 6.71. The van der Waals surface area contributed by atoms with Crippen LogP contribution in [0, 0.1) is 11.3 Å². The molecule has 1 atom stereocenters. The molecule has 1 unspecified atom stereocenters. The van der Waals surface area contributed by atoms with Gasteiger partial charge in [0.15, 0.2) is 0 Å². The predicted octanol–water partition coefficient (Wildman–Crippen LogP) is 3.20. The molecule has 0 spiro atoms. The molecule has 1 aliphatic carbocycles. The van der Waals surface area contributed by atoms with Crippen LogP contribution in [0.3, 0.4) is 0 Å². The van der Waals surface area contributed by atoms with Gasteiger partial charge in [0.05, 0.1) is 11.7 Å². The van der Waals surface area contributed by atoms with E-state index in [-0.39, 0.29) is 12.0 Å². The lowest BCUT2D eigenvalue weighted by molar-refractivity contribution is 0.0935. The zero-order valence-corrected chi connectivity index (χ0v) is 11.9. The van der Waals surface area contributed by atoms with Crippen molar-refractivity contribution in [1.82, 2.24) is 9.78 Å². The predicted molar refractivity (Wildman–Crippen MR) is 73.5 cm³/mol. The molecule has 1 heterocycles. The summed E-state index contributed by atoms with van der Waals surface area (Å²) >= 11 is 0. The van der Waals surface area contributed by atoms with Gasteiger partial charge in [0.1, 0.15) is 0 Å². The van der Waals surface area contributed by atoms with Crippen LogP contribution in [0.2, 0.25) is 0 Å². The molecule has 1 saturated carbocycles. The fourth-order valence-corrected chi connectivity index (χ4v) is 2.70. The molecule has 0 aromatic carbocycles. The average Bonchev–Trinajstić information content (AvgIpc) is 2.97. The highest BCUT2D eigenvalue weighted by Crippen LogP contribution is 2.32. The minimum atomic E-state index is -0.0607. The molecule has 1 aromatic rings. The first-order valence-electron chi connectivity index (χ1n) is 7.20. The molecule has 2 rings (SSSR count). The van der Waals surface area contributed by atoms with E-state index < -0.39 is 0 Å². The number of aliphatic hydroxyl groups is 1. The molecule has 1 N–H and O–H groups in total. The summed E-state index contributed by atoms with van der Waals surface area (Å²) in [6, 6.07) is 2.73. The minimum absolute atomic E-state index is 0.0607. The van der Waals surface area contributed by atoms with Crippen molar-refractivity contribution in [2.45, 2.75) is 58.9 Å². The van der Waals surface area contributed by atoms with Crippen molar-refractivity contribution in [1.29, 1.82) is 0 Å². The Bertz CT molecular complexity index is 380. The monoisotopic (exact) mass is 250 g/mol. The van der Waals surface area contributed by atoms with E-state index in [1.54, 1.807) is 0 Å². The van der Waals surface area contributed by atoms with Gasteiger partial charge in [0.25, 0.3) is 0 Å². The Morgan fingerprint density at radius 2 is 2.11 bits per heavy atom. The molecule has 3 heteroatoms. The first-order chi connectivity index (χ1) is 8.55. The highest BCUT2D eigenvalue weighted by atomic mass is 16.3. The third-order valence-corrected chi connectivity index (χ3v) is 4.70. The van der Waals surface area contributed by atoms with E-state index in [2.05, 4.69) is 37.7 Å². The number of hydrogen-bond donors (Lipinski definition) is 1. The van der Waals surface area contributed by atoms with E-state index in [4.69, 9.17) is 5.10 Å². The second kappa shape index (κ2) is 5.43. The first kappa shape index (κ1) is 13.6. The Kier molecular flexibility index (Phi) is 4.10. The van der Waals surface area contributed by atoms with Crippen LogP contribution in [-0.4, -0.2) is 21.5 Å². The van der Waals surface area contributed by atoms with Gasteiger partial charge >= 0.3 is 0 Å². The molecule has 0 amide bonds. The van der Waals surface area contributed by atoms with Gasteiger partial charge in [-0.3, -0.25) is 4.68 Å². The maximum Gasteiger partial charge on any atom is 0.0631 e. The van der Waals surface area contributed by atoms with E-state index in [0.717, 1.165) is 12.1 Å². The van der Waals surface area contributed by atoms with Crippen LogP contribution in [0.4, 0.5) is 0 Å². The third-order valence-electron chi connectivity index (χ3n) is 4.70. The first-order valence-corrected chi connectivity index (χ1v) is 7.20. The van der Waals surface area contributed by atoms with E-state index in [1.165, 1.54) is 25.7 Å². The highest BCUT2D eigenvalue weighted by Gasteiger charge is 2.29. The molecule has 18 heavy (non-hydrogen) atoms. The SMILES string of the molecule is CC(C)C(C)(CO)Cc1ccn(C2CCCC2)n1. The quantitative estimate of drug-likeness (QED) is 0.871. The number of nitrogens with zero attached hydrogens (tertiary/aromatic N) is 2. The largest absolute Gasteiger partial charge is 0.396 e. The summed E-state index contributed by atoms with van der Waals surface area (Å²) in [4.78, 5) is 0. The standard InChI is InChI=1S/C15H26N2O/c1-12(2)15(3,11-18)10-13-8-9-17(16-13)14-6-4-5-7-14/h8-9,12,14,18H,4-7,10-11H2,1-3H3. The van der Waals surface area contributed by atoms with Crippen LogP contribution in [0.1, 0.15) is 58.2 Å². The lowest BCUT2D eigenvalue weighted by Crippen LogP contribution is -2.30. The molecule has 0 bridgehead atoms. The molecule has 0 radical (unpaired) electrons. The molecule has 1 fully saturated rings. The van der Waals surface area contributed by atoms with Gasteiger partial charge in [-0.1, -0.05) is 33.6 Å². The Balaban J connectivity index is 2.05. The van der Waals surface area contributed by atoms with Gasteiger partial charge in [-0.2, -0.15) is 5.10 Å². The van der Waals surface area contributed by atoms with Crippen molar-refractivity contribution < 1.29 is 5.11 Å². The molecule has 1 aromatic heterocycles. The van der Waals surface area contributed by atoms with Crippen molar-refractivity contribution in [2.75, 3.05) is 6.61 Å². The Labute approximate surface area is 110 Å². The zero-order chi connectivity index (χ0) is 13.2. The summed E-state index contributed by atoms with van der Waals surface area (Å²) in [7, 11) is 0. The molecule has 102 valence electrons. The Morgan fingerprint density at radius 1 is 1.44 bits per heavy atom. The fraction of sp³-hybridized carbons (Fsp3) is 0.800. The van der Waals surface area contributed by atoms with Crippen LogP contribution in [0.15, 0.2) is 12.3 Å². The van der Waals surface area contributed by atoms with Gasteiger partial charge in [-0.15, -0.1) is 0 Å². The Morgan fingerprint density at radius 3 is 2.67 bits per heavy atom. The van der Waals surface area contributed by atoms with Crippen molar-refractivity contribution in [3.05, 3.63) is 18.0 Å². The number of hydrogen-bond acceptors (Lipinski definition) is 2. The molecule has 3 nitrogen and oxygen atoms in total. The number of aliphatic hydroxyl groups excluding tert-OH is 1. The Hall–Kier alpha value is -0.830. The summed E-state index contributed by atoms with van der Waals surface area (Å²) in [5.74, 6) is 0.458. The van der Waals surface area contributed by atoms with Gasteiger partial charge in [0, 0.05) is 12.8 Å². The molecular formula is C15H26N2O. The number of aromatic nitrogens is 2.